The van der Waals surface area contributed by atoms with Gasteiger partial charge in [0.25, 0.3) is 0 Å². The molecule has 3 saturated carbocycles. The van der Waals surface area contributed by atoms with Gasteiger partial charge in [0.2, 0.25) is 0 Å². The van der Waals surface area contributed by atoms with Crippen molar-refractivity contribution in [1.82, 2.24) is 0 Å². The predicted octanol–water partition coefficient (Wildman–Crippen LogP) is 2.80. The lowest BCUT2D eigenvalue weighted by molar-refractivity contribution is -0.174. The van der Waals surface area contributed by atoms with Crippen LogP contribution in [0.25, 0.3) is 0 Å². The number of aliphatic hydroxyl groups excluding tert-OH is 1. The maximum Gasteiger partial charge on any atom is 0.178 e. The third kappa shape index (κ3) is 2.10. The van der Waals surface area contributed by atoms with Crippen LogP contribution in [-0.2, 0) is 9.59 Å². The summed E-state index contributed by atoms with van der Waals surface area (Å²) in [6.45, 7) is 5.48. The fourth-order valence-electron chi connectivity index (χ4n) is 6.82. The highest BCUT2D eigenvalue weighted by atomic mass is 35.5. The summed E-state index contributed by atoms with van der Waals surface area (Å²) in [6.07, 6.45) is 6.67. The first-order chi connectivity index (χ1) is 12.0. The highest BCUT2D eigenvalue weighted by Crippen LogP contribution is 2.67. The molecule has 2 unspecified atom stereocenters. The zero-order chi connectivity index (χ0) is 19.1. The Kier molecular flexibility index (Phi) is 3.91. The minimum Gasteiger partial charge on any atom is -0.393 e. The molecule has 0 spiro atoms. The number of carbonyl (C=O) groups excluding carboxylic acids is 2. The number of alkyl halides is 1. The van der Waals surface area contributed by atoms with Gasteiger partial charge in [0.05, 0.1) is 6.10 Å². The lowest BCUT2D eigenvalue weighted by Crippen LogP contribution is -2.63. The molecule has 4 rings (SSSR count). The summed E-state index contributed by atoms with van der Waals surface area (Å²) in [7, 11) is 0. The van der Waals surface area contributed by atoms with Crippen LogP contribution in [0, 0.1) is 28.6 Å². The van der Waals surface area contributed by atoms with Gasteiger partial charge < -0.3 is 10.2 Å². The zero-order valence-corrected chi connectivity index (χ0v) is 16.3. The summed E-state index contributed by atoms with van der Waals surface area (Å²) >= 11 is 6.83. The highest BCUT2D eigenvalue weighted by Gasteiger charge is 2.68. The summed E-state index contributed by atoms with van der Waals surface area (Å²) in [5.74, 6) is -0.274. The first kappa shape index (κ1) is 18.4. The Labute approximate surface area is 159 Å². The van der Waals surface area contributed by atoms with E-state index in [0.717, 1.165) is 12.0 Å². The quantitative estimate of drug-likeness (QED) is 0.688. The van der Waals surface area contributed by atoms with E-state index in [1.54, 1.807) is 12.2 Å². The van der Waals surface area contributed by atoms with Gasteiger partial charge in [-0.3, -0.25) is 9.59 Å². The van der Waals surface area contributed by atoms with Gasteiger partial charge in [-0.05, 0) is 56.6 Å². The number of rotatable bonds is 1. The molecule has 5 heteroatoms. The lowest BCUT2D eigenvalue weighted by atomic mass is 9.46. The van der Waals surface area contributed by atoms with E-state index in [1.807, 2.05) is 13.0 Å². The molecule has 0 amide bonds. The van der Waals surface area contributed by atoms with Crippen LogP contribution in [0.1, 0.15) is 46.5 Å². The number of aliphatic hydroxyl groups is 2. The second kappa shape index (κ2) is 5.52. The number of hydrogen-bond donors (Lipinski definition) is 2. The number of halogens is 1. The third-order valence-electron chi connectivity index (χ3n) is 8.22. The van der Waals surface area contributed by atoms with E-state index in [1.165, 1.54) is 6.92 Å². The Morgan fingerprint density at radius 2 is 2.04 bits per heavy atom. The summed E-state index contributed by atoms with van der Waals surface area (Å²) < 4.78 is 0. The van der Waals surface area contributed by atoms with Gasteiger partial charge in [-0.2, -0.15) is 0 Å². The Hall–Kier alpha value is -0.970. The Morgan fingerprint density at radius 1 is 1.35 bits per heavy atom. The molecule has 142 valence electrons. The topological polar surface area (TPSA) is 74.6 Å². The number of fused-ring (bicyclic) bond motifs is 5. The van der Waals surface area contributed by atoms with Gasteiger partial charge >= 0.3 is 0 Å². The molecule has 0 aromatic carbocycles. The molecule has 0 saturated heterocycles. The van der Waals surface area contributed by atoms with Crippen molar-refractivity contribution in [2.45, 2.75) is 63.5 Å². The van der Waals surface area contributed by atoms with E-state index in [4.69, 9.17) is 11.6 Å². The Morgan fingerprint density at radius 3 is 2.69 bits per heavy atom. The molecule has 0 aliphatic heterocycles. The van der Waals surface area contributed by atoms with Crippen molar-refractivity contribution in [3.63, 3.8) is 0 Å². The van der Waals surface area contributed by atoms with Gasteiger partial charge in [0.15, 0.2) is 11.6 Å². The largest absolute Gasteiger partial charge is 0.393 e. The van der Waals surface area contributed by atoms with E-state index >= 15 is 0 Å². The van der Waals surface area contributed by atoms with Crippen LogP contribution in [0.2, 0.25) is 0 Å². The van der Waals surface area contributed by atoms with Crippen molar-refractivity contribution < 1.29 is 19.8 Å². The lowest BCUT2D eigenvalue weighted by Gasteiger charge is -2.60. The molecule has 2 N–H and O–H groups in total. The van der Waals surface area contributed by atoms with Crippen LogP contribution in [0.15, 0.2) is 23.8 Å². The monoisotopic (exact) mass is 378 g/mol. The number of carbonyl (C=O) groups is 2. The van der Waals surface area contributed by atoms with Crippen LogP contribution < -0.4 is 0 Å². The molecule has 8 atom stereocenters. The SMILES string of the molecule is CC(=O)[C@@]1(O)CC[C@H]2[C@@H]3C(Cl)CC4=CC(=O)C=C[C@]4(C)[C@H]3C(O)C[C@@]21C. The standard InChI is InChI=1S/C21H27ClO4/c1-11(23)21(26)7-5-14-17-15(22)9-12-8-13(24)4-6-19(12,2)18(17)16(25)10-20(14,21)3/h4,6,8,14-18,25-26H,5,7,9-10H2,1-3H3/t14-,15?,16?,17+,18-,19-,20-,21-/m0/s1. The molecule has 26 heavy (non-hydrogen) atoms. The summed E-state index contributed by atoms with van der Waals surface area (Å²) in [5.41, 5.74) is -1.47. The van der Waals surface area contributed by atoms with E-state index in [9.17, 15) is 19.8 Å². The van der Waals surface area contributed by atoms with E-state index in [-0.39, 0.29) is 34.7 Å². The maximum atomic E-state index is 12.3. The smallest absolute Gasteiger partial charge is 0.178 e. The minimum atomic E-state index is -1.39. The molecule has 4 aliphatic rings. The van der Waals surface area contributed by atoms with E-state index in [0.29, 0.717) is 19.3 Å². The second-order valence-electron chi connectivity index (χ2n) is 9.26. The average Bonchev–Trinajstić information content (AvgIpc) is 2.81. The van der Waals surface area contributed by atoms with Crippen LogP contribution in [0.3, 0.4) is 0 Å². The van der Waals surface area contributed by atoms with Crippen molar-refractivity contribution in [3.8, 4) is 0 Å². The Bertz CT molecular complexity index is 742. The van der Waals surface area contributed by atoms with Gasteiger partial charge in [-0.25, -0.2) is 0 Å². The summed E-state index contributed by atoms with van der Waals surface area (Å²) in [6, 6.07) is 0. The number of hydrogen-bond acceptors (Lipinski definition) is 4. The molecule has 0 heterocycles. The van der Waals surface area contributed by atoms with Gasteiger partial charge in [-0.15, -0.1) is 11.6 Å². The molecule has 0 radical (unpaired) electrons. The predicted molar refractivity (Wildman–Crippen MR) is 98.7 cm³/mol. The molecular formula is C21H27ClO4. The molecule has 0 bridgehead atoms. The minimum absolute atomic E-state index is 0.00112. The number of Topliss-reactive ketones (excluding diaryl/α,β-unsaturated/α-hetero) is 1. The van der Waals surface area contributed by atoms with Gasteiger partial charge in [0.1, 0.15) is 5.60 Å². The van der Waals surface area contributed by atoms with Crippen LogP contribution in [-0.4, -0.2) is 38.9 Å². The molecule has 4 nitrogen and oxygen atoms in total. The fraction of sp³-hybridized carbons (Fsp3) is 0.714. The maximum absolute atomic E-state index is 12.3. The molecule has 0 aromatic heterocycles. The summed E-state index contributed by atoms with van der Waals surface area (Å²) in [4.78, 5) is 24.1. The van der Waals surface area contributed by atoms with Crippen LogP contribution >= 0.6 is 11.6 Å². The first-order valence-corrected chi connectivity index (χ1v) is 9.98. The van der Waals surface area contributed by atoms with E-state index in [2.05, 4.69) is 6.92 Å². The average molecular weight is 379 g/mol. The van der Waals surface area contributed by atoms with Crippen LogP contribution in [0.5, 0.6) is 0 Å². The zero-order valence-electron chi connectivity index (χ0n) is 15.5. The van der Waals surface area contributed by atoms with E-state index < -0.39 is 22.5 Å². The molecular weight excluding hydrogens is 352 g/mol. The van der Waals surface area contributed by atoms with Crippen molar-refractivity contribution in [1.29, 1.82) is 0 Å². The van der Waals surface area contributed by atoms with Crippen LogP contribution in [0.4, 0.5) is 0 Å². The van der Waals surface area contributed by atoms with Crippen molar-refractivity contribution in [3.05, 3.63) is 23.8 Å². The van der Waals surface area contributed by atoms with Gasteiger partial charge in [-0.1, -0.05) is 25.5 Å². The fourth-order valence-corrected chi connectivity index (χ4v) is 7.32. The molecule has 4 aliphatic carbocycles. The summed E-state index contributed by atoms with van der Waals surface area (Å²) in [5, 5.41) is 22.2. The number of allylic oxidation sites excluding steroid dienone is 4. The third-order valence-corrected chi connectivity index (χ3v) is 8.66. The van der Waals surface area contributed by atoms with Crippen molar-refractivity contribution in [2.24, 2.45) is 28.6 Å². The normalized spacial score (nSPS) is 52.8. The van der Waals surface area contributed by atoms with Crippen molar-refractivity contribution in [2.75, 3.05) is 0 Å². The van der Waals surface area contributed by atoms with Gasteiger partial charge in [0, 0.05) is 22.1 Å². The second-order valence-corrected chi connectivity index (χ2v) is 9.82. The number of ketones is 2. The molecule has 3 fully saturated rings. The first-order valence-electron chi connectivity index (χ1n) is 9.54. The van der Waals surface area contributed by atoms with Crippen molar-refractivity contribution >= 4 is 23.2 Å². The Balaban J connectivity index is 1.81. The molecule has 0 aromatic rings. The highest BCUT2D eigenvalue weighted by molar-refractivity contribution is 6.21.